The molecule has 120 valence electrons. The normalized spacial score (nSPS) is 10.3. The number of amides is 2. The molecule has 2 aromatic rings. The van der Waals surface area contributed by atoms with Crippen molar-refractivity contribution in [1.82, 2.24) is 5.32 Å². The molecule has 0 fully saturated rings. The highest BCUT2D eigenvalue weighted by Gasteiger charge is 2.11. The van der Waals surface area contributed by atoms with Gasteiger partial charge in [0.1, 0.15) is 0 Å². The monoisotopic (exact) mass is 338 g/mol. The smallest absolute Gasteiger partial charge is 0.251 e. The second-order valence-electron chi connectivity index (χ2n) is 4.82. The van der Waals surface area contributed by atoms with E-state index >= 15 is 0 Å². The molecule has 0 unspecified atom stereocenters. The fourth-order valence-corrected chi connectivity index (χ4v) is 1.96. The second-order valence-corrected chi connectivity index (χ2v) is 5.23. The Morgan fingerprint density at radius 1 is 1.09 bits per heavy atom. The van der Waals surface area contributed by atoms with Crippen LogP contribution in [-0.2, 0) is 4.79 Å². The van der Waals surface area contributed by atoms with Crippen LogP contribution < -0.4 is 10.6 Å². The van der Waals surface area contributed by atoms with E-state index in [-0.39, 0.29) is 12.1 Å². The molecule has 0 saturated carbocycles. The van der Waals surface area contributed by atoms with E-state index in [0.717, 1.165) is 23.8 Å². The fourth-order valence-electron chi connectivity index (χ4n) is 1.78. The van der Waals surface area contributed by atoms with Gasteiger partial charge in [0.2, 0.25) is 5.91 Å². The summed E-state index contributed by atoms with van der Waals surface area (Å²) in [5.74, 6) is -3.33. The Morgan fingerprint density at radius 2 is 1.83 bits per heavy atom. The Hall–Kier alpha value is -2.47. The van der Waals surface area contributed by atoms with Gasteiger partial charge in [0, 0.05) is 16.3 Å². The Kier molecular flexibility index (Phi) is 5.28. The third kappa shape index (κ3) is 4.50. The highest BCUT2D eigenvalue weighted by Crippen LogP contribution is 2.19. The highest BCUT2D eigenvalue weighted by atomic mass is 35.5. The van der Waals surface area contributed by atoms with Gasteiger partial charge >= 0.3 is 0 Å². The van der Waals surface area contributed by atoms with Crippen LogP contribution in [0.2, 0.25) is 5.02 Å². The summed E-state index contributed by atoms with van der Waals surface area (Å²) in [4.78, 5) is 23.5. The maximum absolute atomic E-state index is 13.0. The molecule has 2 N–H and O–H groups in total. The van der Waals surface area contributed by atoms with Crippen molar-refractivity contribution in [3.8, 4) is 0 Å². The standard InChI is InChI=1S/C16H13ClF2N2O2/c1-9-2-4-11(7-12(9)17)21-15(22)8-20-16(23)10-3-5-13(18)14(19)6-10/h2-7H,8H2,1H3,(H,20,23)(H,21,22). The maximum Gasteiger partial charge on any atom is 0.251 e. The summed E-state index contributed by atoms with van der Waals surface area (Å²) in [6, 6.07) is 7.76. The van der Waals surface area contributed by atoms with E-state index in [9.17, 15) is 18.4 Å². The van der Waals surface area contributed by atoms with Gasteiger partial charge in [-0.05, 0) is 42.8 Å². The van der Waals surface area contributed by atoms with Crippen LogP contribution in [0.4, 0.5) is 14.5 Å². The summed E-state index contributed by atoms with van der Waals surface area (Å²) in [5, 5.41) is 5.39. The summed E-state index contributed by atoms with van der Waals surface area (Å²) in [7, 11) is 0. The van der Waals surface area contributed by atoms with Crippen LogP contribution in [0.3, 0.4) is 0 Å². The van der Waals surface area contributed by atoms with Crippen molar-refractivity contribution >= 4 is 29.1 Å². The molecule has 0 aliphatic heterocycles. The minimum absolute atomic E-state index is 0.0740. The van der Waals surface area contributed by atoms with Crippen LogP contribution in [0.25, 0.3) is 0 Å². The Morgan fingerprint density at radius 3 is 2.48 bits per heavy atom. The predicted molar refractivity (Wildman–Crippen MR) is 83.5 cm³/mol. The molecule has 0 bridgehead atoms. The number of hydrogen-bond donors (Lipinski definition) is 2. The molecule has 0 atom stereocenters. The first kappa shape index (κ1) is 16.9. The van der Waals surface area contributed by atoms with Gasteiger partial charge in [-0.2, -0.15) is 0 Å². The number of benzene rings is 2. The molecule has 4 nitrogen and oxygen atoms in total. The third-order valence-electron chi connectivity index (χ3n) is 3.05. The van der Waals surface area contributed by atoms with Crippen molar-refractivity contribution in [2.24, 2.45) is 0 Å². The van der Waals surface area contributed by atoms with Crippen molar-refractivity contribution in [2.45, 2.75) is 6.92 Å². The molecule has 23 heavy (non-hydrogen) atoms. The molecular formula is C16H13ClF2N2O2. The van der Waals surface area contributed by atoms with Gasteiger partial charge in [0.25, 0.3) is 5.91 Å². The van der Waals surface area contributed by atoms with E-state index in [4.69, 9.17) is 11.6 Å². The van der Waals surface area contributed by atoms with Crippen molar-refractivity contribution in [2.75, 3.05) is 11.9 Å². The third-order valence-corrected chi connectivity index (χ3v) is 3.45. The summed E-state index contributed by atoms with van der Waals surface area (Å²) in [5.41, 5.74) is 1.29. The molecule has 2 rings (SSSR count). The van der Waals surface area contributed by atoms with Gasteiger partial charge in [-0.25, -0.2) is 8.78 Å². The van der Waals surface area contributed by atoms with Gasteiger partial charge in [-0.15, -0.1) is 0 Å². The first-order chi connectivity index (χ1) is 10.9. The van der Waals surface area contributed by atoms with Crippen LogP contribution in [0, 0.1) is 18.6 Å². The molecule has 2 aromatic carbocycles. The van der Waals surface area contributed by atoms with Crippen molar-refractivity contribution in [3.63, 3.8) is 0 Å². The summed E-state index contributed by atoms with van der Waals surface area (Å²) < 4.78 is 25.8. The van der Waals surface area contributed by atoms with E-state index in [1.165, 1.54) is 0 Å². The topological polar surface area (TPSA) is 58.2 Å². The molecule has 2 amide bonds. The lowest BCUT2D eigenvalue weighted by Gasteiger charge is -2.08. The van der Waals surface area contributed by atoms with Crippen molar-refractivity contribution in [1.29, 1.82) is 0 Å². The first-order valence-corrected chi connectivity index (χ1v) is 7.04. The van der Waals surface area contributed by atoms with Crippen LogP contribution in [0.1, 0.15) is 15.9 Å². The average molecular weight is 339 g/mol. The highest BCUT2D eigenvalue weighted by molar-refractivity contribution is 6.31. The minimum Gasteiger partial charge on any atom is -0.343 e. The minimum atomic E-state index is -1.13. The van der Waals surface area contributed by atoms with Crippen LogP contribution >= 0.6 is 11.6 Å². The number of rotatable bonds is 4. The molecule has 0 aliphatic rings. The molecule has 0 aliphatic carbocycles. The van der Waals surface area contributed by atoms with E-state index in [1.807, 2.05) is 6.92 Å². The molecule has 0 radical (unpaired) electrons. The zero-order chi connectivity index (χ0) is 17.0. The number of hydrogen-bond acceptors (Lipinski definition) is 2. The van der Waals surface area contributed by atoms with Gasteiger partial charge < -0.3 is 10.6 Å². The quantitative estimate of drug-likeness (QED) is 0.898. The van der Waals surface area contributed by atoms with E-state index in [0.29, 0.717) is 10.7 Å². The Bertz CT molecular complexity index is 766. The van der Waals surface area contributed by atoms with Crippen LogP contribution in [0.15, 0.2) is 36.4 Å². The van der Waals surface area contributed by atoms with Crippen molar-refractivity contribution < 1.29 is 18.4 Å². The lowest BCUT2D eigenvalue weighted by molar-refractivity contribution is -0.115. The molecule has 0 aromatic heterocycles. The molecule has 0 saturated heterocycles. The second kappa shape index (κ2) is 7.19. The number of anilines is 1. The van der Waals surface area contributed by atoms with Gasteiger partial charge in [-0.1, -0.05) is 17.7 Å². The zero-order valence-corrected chi connectivity index (χ0v) is 12.9. The number of nitrogens with one attached hydrogen (secondary N) is 2. The van der Waals surface area contributed by atoms with Gasteiger partial charge in [0.15, 0.2) is 11.6 Å². The lowest BCUT2D eigenvalue weighted by Crippen LogP contribution is -2.32. The molecular weight excluding hydrogens is 326 g/mol. The Labute approximate surface area is 136 Å². The fraction of sp³-hybridized carbons (Fsp3) is 0.125. The van der Waals surface area contributed by atoms with Gasteiger partial charge in [0.05, 0.1) is 6.54 Å². The molecule has 7 heteroatoms. The zero-order valence-electron chi connectivity index (χ0n) is 12.1. The average Bonchev–Trinajstić information content (AvgIpc) is 2.51. The van der Waals surface area contributed by atoms with E-state index in [1.54, 1.807) is 18.2 Å². The van der Waals surface area contributed by atoms with Crippen LogP contribution in [0.5, 0.6) is 0 Å². The number of carbonyl (C=O) groups is 2. The SMILES string of the molecule is Cc1ccc(NC(=O)CNC(=O)c2ccc(F)c(F)c2)cc1Cl. The van der Waals surface area contributed by atoms with Gasteiger partial charge in [-0.3, -0.25) is 9.59 Å². The lowest BCUT2D eigenvalue weighted by atomic mass is 10.2. The number of halogens is 3. The van der Waals surface area contributed by atoms with Crippen molar-refractivity contribution in [3.05, 3.63) is 64.2 Å². The van der Waals surface area contributed by atoms with Crippen LogP contribution in [-0.4, -0.2) is 18.4 Å². The van der Waals surface area contributed by atoms with E-state index < -0.39 is 23.4 Å². The number of carbonyl (C=O) groups excluding carboxylic acids is 2. The molecule has 0 heterocycles. The number of aryl methyl sites for hydroxylation is 1. The van der Waals surface area contributed by atoms with E-state index in [2.05, 4.69) is 10.6 Å². The summed E-state index contributed by atoms with van der Waals surface area (Å²) in [6.07, 6.45) is 0. The maximum atomic E-state index is 13.0. The predicted octanol–water partition coefficient (Wildman–Crippen LogP) is 3.30. The summed E-state index contributed by atoms with van der Waals surface area (Å²) >= 11 is 5.95. The molecule has 0 spiro atoms. The first-order valence-electron chi connectivity index (χ1n) is 6.66. The Balaban J connectivity index is 1.91. The largest absolute Gasteiger partial charge is 0.343 e. The summed E-state index contributed by atoms with van der Waals surface area (Å²) in [6.45, 7) is 1.51.